The lowest BCUT2D eigenvalue weighted by atomic mass is 10.0. The van der Waals surface area contributed by atoms with Gasteiger partial charge in [-0.3, -0.25) is 4.90 Å². The van der Waals surface area contributed by atoms with Crippen LogP contribution < -0.4 is 5.32 Å². The first-order valence-corrected chi connectivity index (χ1v) is 7.47. The third kappa shape index (κ3) is 3.53. The Morgan fingerprint density at radius 1 is 1.19 bits per heavy atom. The maximum atomic E-state index is 5.42. The minimum Gasteiger partial charge on any atom is -0.472 e. The summed E-state index contributed by atoms with van der Waals surface area (Å²) in [4.78, 5) is 2.45. The highest BCUT2D eigenvalue weighted by Crippen LogP contribution is 2.24. The van der Waals surface area contributed by atoms with Crippen molar-refractivity contribution in [2.45, 2.75) is 6.04 Å². The fourth-order valence-electron chi connectivity index (χ4n) is 2.77. The molecule has 1 aliphatic rings. The highest BCUT2D eigenvalue weighted by Gasteiger charge is 2.17. The van der Waals surface area contributed by atoms with Crippen molar-refractivity contribution in [3.8, 4) is 11.1 Å². The van der Waals surface area contributed by atoms with Crippen LogP contribution in [0.25, 0.3) is 11.1 Å². The molecule has 0 spiro atoms. The fraction of sp³-hybridized carbons (Fsp3) is 0.412. The Kier molecular flexibility index (Phi) is 4.70. The number of ether oxygens (including phenoxy) is 1. The number of benzene rings is 1. The number of morpholine rings is 1. The van der Waals surface area contributed by atoms with Crippen LogP contribution in [-0.2, 0) is 4.74 Å². The topological polar surface area (TPSA) is 37.6 Å². The van der Waals surface area contributed by atoms with Crippen molar-refractivity contribution >= 4 is 0 Å². The molecule has 1 N–H and O–H groups in total. The first-order chi connectivity index (χ1) is 10.4. The molecule has 0 bridgehead atoms. The summed E-state index contributed by atoms with van der Waals surface area (Å²) in [5.74, 6) is 0. The van der Waals surface area contributed by atoms with Crippen molar-refractivity contribution in [1.29, 1.82) is 0 Å². The normalized spacial score (nSPS) is 17.8. The molecular formula is C17H22N2O2. The Balaban J connectivity index is 1.75. The standard InChI is InChI=1S/C17H22N2O2/c1-18-17(12-19-6-9-20-10-7-19)15-4-2-3-14(11-15)16-5-8-21-13-16/h2-5,8,11,13,17-18H,6-7,9-10,12H2,1H3. The first-order valence-electron chi connectivity index (χ1n) is 7.47. The second-order valence-electron chi connectivity index (χ2n) is 5.39. The van der Waals surface area contributed by atoms with E-state index in [1.807, 2.05) is 13.1 Å². The molecule has 1 aliphatic heterocycles. The molecule has 2 aromatic rings. The number of likely N-dealkylation sites (N-methyl/N-ethyl adjacent to an activating group) is 1. The van der Waals surface area contributed by atoms with E-state index >= 15 is 0 Å². The first kappa shape index (κ1) is 14.3. The molecule has 1 aromatic heterocycles. The molecule has 1 unspecified atom stereocenters. The van der Waals surface area contributed by atoms with Gasteiger partial charge in [0.15, 0.2) is 0 Å². The van der Waals surface area contributed by atoms with E-state index in [-0.39, 0.29) is 0 Å². The SMILES string of the molecule is CNC(CN1CCOCC1)c1cccc(-c2ccoc2)c1. The quantitative estimate of drug-likeness (QED) is 0.916. The summed E-state index contributed by atoms with van der Waals surface area (Å²) >= 11 is 0. The maximum absolute atomic E-state index is 5.42. The van der Waals surface area contributed by atoms with Gasteiger partial charge in [0.2, 0.25) is 0 Å². The number of nitrogens with zero attached hydrogens (tertiary/aromatic N) is 1. The molecule has 0 aliphatic carbocycles. The van der Waals surface area contributed by atoms with E-state index in [0.717, 1.165) is 38.4 Å². The van der Waals surface area contributed by atoms with Crippen LogP contribution in [0.3, 0.4) is 0 Å². The van der Waals surface area contributed by atoms with E-state index in [4.69, 9.17) is 9.15 Å². The summed E-state index contributed by atoms with van der Waals surface area (Å²) in [6.07, 6.45) is 3.50. The van der Waals surface area contributed by atoms with Crippen LogP contribution in [-0.4, -0.2) is 44.8 Å². The Morgan fingerprint density at radius 2 is 2.05 bits per heavy atom. The van der Waals surface area contributed by atoms with Crippen LogP contribution in [0, 0.1) is 0 Å². The highest BCUT2D eigenvalue weighted by atomic mass is 16.5. The van der Waals surface area contributed by atoms with E-state index in [1.165, 1.54) is 11.1 Å². The third-order valence-electron chi connectivity index (χ3n) is 4.04. The lowest BCUT2D eigenvalue weighted by Crippen LogP contribution is -2.41. The lowest BCUT2D eigenvalue weighted by molar-refractivity contribution is 0.0338. The fourth-order valence-corrected chi connectivity index (χ4v) is 2.77. The second kappa shape index (κ2) is 6.89. The number of furan rings is 1. The Hall–Kier alpha value is -1.62. The van der Waals surface area contributed by atoms with Gasteiger partial charge in [-0.25, -0.2) is 0 Å². The van der Waals surface area contributed by atoms with E-state index in [2.05, 4.69) is 34.5 Å². The molecule has 0 radical (unpaired) electrons. The second-order valence-corrected chi connectivity index (χ2v) is 5.39. The molecule has 2 heterocycles. The van der Waals surface area contributed by atoms with Crippen LogP contribution in [0.2, 0.25) is 0 Å². The zero-order valence-corrected chi connectivity index (χ0v) is 12.4. The average molecular weight is 286 g/mol. The van der Waals surface area contributed by atoms with Crippen LogP contribution >= 0.6 is 0 Å². The lowest BCUT2D eigenvalue weighted by Gasteiger charge is -2.30. The number of nitrogens with one attached hydrogen (secondary N) is 1. The zero-order valence-electron chi connectivity index (χ0n) is 12.4. The molecule has 112 valence electrons. The van der Waals surface area contributed by atoms with Crippen molar-refractivity contribution in [3.63, 3.8) is 0 Å². The molecule has 1 fully saturated rings. The average Bonchev–Trinajstić information content (AvgIpc) is 3.08. The maximum Gasteiger partial charge on any atom is 0.0980 e. The minimum atomic E-state index is 0.329. The van der Waals surface area contributed by atoms with Crippen LogP contribution in [0.5, 0.6) is 0 Å². The van der Waals surface area contributed by atoms with Crippen molar-refractivity contribution in [2.75, 3.05) is 39.9 Å². The molecular weight excluding hydrogens is 264 g/mol. The van der Waals surface area contributed by atoms with E-state index in [0.29, 0.717) is 6.04 Å². The van der Waals surface area contributed by atoms with Crippen molar-refractivity contribution in [2.24, 2.45) is 0 Å². The van der Waals surface area contributed by atoms with Crippen LogP contribution in [0.1, 0.15) is 11.6 Å². The molecule has 0 saturated carbocycles. The summed E-state index contributed by atoms with van der Waals surface area (Å²) in [6, 6.07) is 11.0. The summed E-state index contributed by atoms with van der Waals surface area (Å²) in [5, 5.41) is 3.43. The predicted octanol–water partition coefficient (Wildman–Crippen LogP) is 2.54. The summed E-state index contributed by atoms with van der Waals surface area (Å²) in [6.45, 7) is 4.71. The van der Waals surface area contributed by atoms with E-state index in [1.54, 1.807) is 12.5 Å². The van der Waals surface area contributed by atoms with Gasteiger partial charge in [0.25, 0.3) is 0 Å². The smallest absolute Gasteiger partial charge is 0.0980 e. The van der Waals surface area contributed by atoms with Gasteiger partial charge in [0.1, 0.15) is 0 Å². The zero-order chi connectivity index (χ0) is 14.5. The molecule has 4 heteroatoms. The molecule has 4 nitrogen and oxygen atoms in total. The summed E-state index contributed by atoms with van der Waals surface area (Å²) in [5.41, 5.74) is 3.63. The molecule has 1 saturated heterocycles. The highest BCUT2D eigenvalue weighted by molar-refractivity contribution is 5.62. The van der Waals surface area contributed by atoms with Gasteiger partial charge < -0.3 is 14.5 Å². The van der Waals surface area contributed by atoms with E-state index < -0.39 is 0 Å². The largest absolute Gasteiger partial charge is 0.472 e. The van der Waals surface area contributed by atoms with Gasteiger partial charge in [-0.2, -0.15) is 0 Å². The number of hydrogen-bond donors (Lipinski definition) is 1. The minimum absolute atomic E-state index is 0.329. The van der Waals surface area contributed by atoms with Gasteiger partial charge in [0, 0.05) is 31.2 Å². The van der Waals surface area contributed by atoms with Crippen molar-refractivity contribution in [3.05, 3.63) is 48.4 Å². The van der Waals surface area contributed by atoms with Gasteiger partial charge in [-0.05, 0) is 30.3 Å². The Bertz CT molecular complexity index is 548. The predicted molar refractivity (Wildman–Crippen MR) is 83.2 cm³/mol. The Morgan fingerprint density at radius 3 is 2.76 bits per heavy atom. The summed E-state index contributed by atoms with van der Waals surface area (Å²) < 4.78 is 10.6. The Labute approximate surface area is 125 Å². The van der Waals surface area contributed by atoms with Gasteiger partial charge in [-0.15, -0.1) is 0 Å². The van der Waals surface area contributed by atoms with Crippen molar-refractivity contribution in [1.82, 2.24) is 10.2 Å². The molecule has 21 heavy (non-hydrogen) atoms. The monoisotopic (exact) mass is 286 g/mol. The van der Waals surface area contributed by atoms with Crippen LogP contribution in [0.4, 0.5) is 0 Å². The van der Waals surface area contributed by atoms with Crippen molar-refractivity contribution < 1.29 is 9.15 Å². The van der Waals surface area contributed by atoms with Gasteiger partial charge in [-0.1, -0.05) is 18.2 Å². The third-order valence-corrected chi connectivity index (χ3v) is 4.04. The van der Waals surface area contributed by atoms with Gasteiger partial charge in [0.05, 0.1) is 25.7 Å². The summed E-state index contributed by atoms with van der Waals surface area (Å²) in [7, 11) is 2.02. The van der Waals surface area contributed by atoms with E-state index in [9.17, 15) is 0 Å². The van der Waals surface area contributed by atoms with Crippen LogP contribution in [0.15, 0.2) is 47.3 Å². The number of rotatable bonds is 5. The molecule has 3 rings (SSSR count). The molecule has 0 amide bonds. The van der Waals surface area contributed by atoms with Gasteiger partial charge >= 0.3 is 0 Å². The molecule has 1 aromatic carbocycles. The molecule has 1 atom stereocenters. The number of hydrogen-bond acceptors (Lipinski definition) is 4.